The summed E-state index contributed by atoms with van der Waals surface area (Å²) < 4.78 is 4.76. The van der Waals surface area contributed by atoms with Crippen LogP contribution >= 0.6 is 0 Å². The zero-order valence-corrected chi connectivity index (χ0v) is 13.2. The van der Waals surface area contributed by atoms with E-state index in [0.29, 0.717) is 11.6 Å². The minimum absolute atomic E-state index is 0.330. The van der Waals surface area contributed by atoms with Crippen LogP contribution in [-0.4, -0.2) is 43.7 Å². The van der Waals surface area contributed by atoms with Gasteiger partial charge in [-0.15, -0.1) is 0 Å². The van der Waals surface area contributed by atoms with Crippen molar-refractivity contribution >= 4 is 11.8 Å². The average Bonchev–Trinajstić information content (AvgIpc) is 2.52. The number of rotatable bonds is 5. The number of hydrogen-bond donors (Lipinski definition) is 1. The number of nitrogens with zero attached hydrogens (tertiary/aromatic N) is 2. The Morgan fingerprint density at radius 1 is 1.48 bits per heavy atom. The number of piperidine rings is 1. The molecule has 2 heterocycles. The summed E-state index contributed by atoms with van der Waals surface area (Å²) in [5.74, 6) is 0.596. The van der Waals surface area contributed by atoms with Crippen LogP contribution in [0.2, 0.25) is 0 Å². The van der Waals surface area contributed by atoms with Crippen molar-refractivity contribution < 1.29 is 9.53 Å². The Balaban J connectivity index is 2.10. The predicted octanol–water partition coefficient (Wildman–Crippen LogP) is 2.15. The third-order valence-corrected chi connectivity index (χ3v) is 4.04. The fourth-order valence-electron chi connectivity index (χ4n) is 2.78. The highest BCUT2D eigenvalue weighted by Gasteiger charge is 2.18. The summed E-state index contributed by atoms with van der Waals surface area (Å²) in [5.41, 5.74) is 1.25. The minimum Gasteiger partial charge on any atom is -0.465 e. The van der Waals surface area contributed by atoms with E-state index in [1.54, 1.807) is 6.07 Å². The molecule has 1 aliphatic rings. The molecule has 1 saturated heterocycles. The second-order valence-electron chi connectivity index (χ2n) is 5.48. The van der Waals surface area contributed by atoms with Gasteiger partial charge >= 0.3 is 5.97 Å². The lowest BCUT2D eigenvalue weighted by Gasteiger charge is -2.30. The molecule has 1 unspecified atom stereocenters. The van der Waals surface area contributed by atoms with Crippen molar-refractivity contribution in [1.29, 1.82) is 0 Å². The van der Waals surface area contributed by atoms with Gasteiger partial charge < -0.3 is 15.0 Å². The second-order valence-corrected chi connectivity index (χ2v) is 5.48. The van der Waals surface area contributed by atoms with Crippen molar-refractivity contribution in [3.8, 4) is 0 Å². The summed E-state index contributed by atoms with van der Waals surface area (Å²) in [7, 11) is 1.39. The maximum atomic E-state index is 11.6. The number of methoxy groups -OCH3 is 1. The number of likely N-dealkylation sites (N-methyl/N-ethyl adjacent to an activating group) is 1. The van der Waals surface area contributed by atoms with Gasteiger partial charge in [-0.25, -0.2) is 9.78 Å². The van der Waals surface area contributed by atoms with E-state index in [-0.39, 0.29) is 5.97 Å². The number of ether oxygens (including phenoxy) is 1. The average molecular weight is 291 g/mol. The van der Waals surface area contributed by atoms with Crippen molar-refractivity contribution in [2.45, 2.75) is 39.2 Å². The first-order valence-electron chi connectivity index (χ1n) is 7.70. The van der Waals surface area contributed by atoms with Gasteiger partial charge in [0.2, 0.25) is 0 Å². The Bertz CT molecular complexity index is 484. The molecule has 2 rings (SSSR count). The molecule has 5 nitrogen and oxygen atoms in total. The van der Waals surface area contributed by atoms with Crippen LogP contribution in [0.5, 0.6) is 0 Å². The van der Waals surface area contributed by atoms with Gasteiger partial charge in [-0.1, -0.05) is 6.42 Å². The van der Waals surface area contributed by atoms with Gasteiger partial charge in [0.1, 0.15) is 5.82 Å². The van der Waals surface area contributed by atoms with Gasteiger partial charge in [-0.2, -0.15) is 0 Å². The summed E-state index contributed by atoms with van der Waals surface area (Å²) in [6.07, 6.45) is 3.78. The molecular weight excluding hydrogens is 266 g/mol. The van der Waals surface area contributed by atoms with Crippen LogP contribution in [0.25, 0.3) is 0 Å². The number of aryl methyl sites for hydroxylation is 1. The highest BCUT2D eigenvalue weighted by Crippen LogP contribution is 2.17. The van der Waals surface area contributed by atoms with Crippen LogP contribution < -0.4 is 10.2 Å². The molecule has 1 fully saturated rings. The SMILES string of the molecule is CCN(CC1CCCCN1)c1ccc(C(=O)OC)c(C)n1. The molecule has 0 bridgehead atoms. The molecule has 0 amide bonds. The summed E-state index contributed by atoms with van der Waals surface area (Å²) in [4.78, 5) is 18.5. The number of carbonyl (C=O) groups excluding carboxylic acids is 1. The molecule has 0 saturated carbocycles. The predicted molar refractivity (Wildman–Crippen MR) is 83.8 cm³/mol. The molecule has 0 aliphatic carbocycles. The Hall–Kier alpha value is -1.62. The van der Waals surface area contributed by atoms with Crippen LogP contribution in [0.1, 0.15) is 42.2 Å². The molecule has 0 radical (unpaired) electrons. The number of hydrogen-bond acceptors (Lipinski definition) is 5. The standard InChI is InChI=1S/C16H25N3O2/c1-4-19(11-13-7-5-6-10-17-13)15-9-8-14(12(2)18-15)16(20)21-3/h8-9,13,17H,4-7,10-11H2,1-3H3. The molecule has 1 aliphatic heterocycles. The minimum atomic E-state index is -0.330. The maximum Gasteiger partial charge on any atom is 0.339 e. The van der Waals surface area contributed by atoms with E-state index in [1.165, 1.54) is 26.4 Å². The quantitative estimate of drug-likeness (QED) is 0.842. The van der Waals surface area contributed by atoms with Gasteiger partial charge in [-0.3, -0.25) is 0 Å². The zero-order valence-electron chi connectivity index (χ0n) is 13.2. The Morgan fingerprint density at radius 3 is 2.86 bits per heavy atom. The van der Waals surface area contributed by atoms with E-state index < -0.39 is 0 Å². The van der Waals surface area contributed by atoms with Crippen molar-refractivity contribution in [2.24, 2.45) is 0 Å². The zero-order chi connectivity index (χ0) is 15.2. The van der Waals surface area contributed by atoms with Gasteiger partial charge in [0, 0.05) is 19.1 Å². The highest BCUT2D eigenvalue weighted by atomic mass is 16.5. The Kier molecular flexibility index (Phi) is 5.56. The van der Waals surface area contributed by atoms with Gasteiger partial charge in [0.05, 0.1) is 18.4 Å². The smallest absolute Gasteiger partial charge is 0.339 e. The molecule has 0 spiro atoms. The molecule has 116 valence electrons. The van der Waals surface area contributed by atoms with Crippen molar-refractivity contribution in [3.63, 3.8) is 0 Å². The normalized spacial score (nSPS) is 18.3. The van der Waals surface area contributed by atoms with E-state index in [9.17, 15) is 4.79 Å². The summed E-state index contributed by atoms with van der Waals surface area (Å²) in [6, 6.07) is 4.24. The van der Waals surface area contributed by atoms with Crippen LogP contribution in [-0.2, 0) is 4.74 Å². The molecule has 1 atom stereocenters. The first-order chi connectivity index (χ1) is 10.2. The van der Waals surface area contributed by atoms with E-state index in [0.717, 1.165) is 31.1 Å². The first kappa shape index (κ1) is 15.8. The molecule has 5 heteroatoms. The summed E-state index contributed by atoms with van der Waals surface area (Å²) >= 11 is 0. The number of carbonyl (C=O) groups is 1. The number of esters is 1. The monoisotopic (exact) mass is 291 g/mol. The molecule has 0 aromatic carbocycles. The van der Waals surface area contributed by atoms with E-state index in [1.807, 2.05) is 13.0 Å². The largest absolute Gasteiger partial charge is 0.465 e. The first-order valence-corrected chi connectivity index (χ1v) is 7.70. The molecule has 1 N–H and O–H groups in total. The fraction of sp³-hybridized carbons (Fsp3) is 0.625. The Labute approximate surface area is 126 Å². The molecule has 21 heavy (non-hydrogen) atoms. The topological polar surface area (TPSA) is 54.5 Å². The Morgan fingerprint density at radius 2 is 2.29 bits per heavy atom. The third kappa shape index (κ3) is 3.94. The van der Waals surface area contributed by atoms with Crippen LogP contribution in [0.4, 0.5) is 5.82 Å². The van der Waals surface area contributed by atoms with Crippen LogP contribution in [0.3, 0.4) is 0 Å². The third-order valence-electron chi connectivity index (χ3n) is 4.04. The number of aromatic nitrogens is 1. The lowest BCUT2D eigenvalue weighted by atomic mass is 10.0. The second kappa shape index (κ2) is 7.41. The lowest BCUT2D eigenvalue weighted by Crippen LogP contribution is -2.44. The van der Waals surface area contributed by atoms with E-state index >= 15 is 0 Å². The highest BCUT2D eigenvalue weighted by molar-refractivity contribution is 5.90. The maximum absolute atomic E-state index is 11.6. The summed E-state index contributed by atoms with van der Waals surface area (Å²) in [5, 5.41) is 3.56. The van der Waals surface area contributed by atoms with Crippen LogP contribution in [0, 0.1) is 6.92 Å². The van der Waals surface area contributed by atoms with Gasteiger partial charge in [-0.05, 0) is 45.4 Å². The van der Waals surface area contributed by atoms with Crippen LogP contribution in [0.15, 0.2) is 12.1 Å². The molecule has 1 aromatic heterocycles. The number of pyridine rings is 1. The van der Waals surface area contributed by atoms with Crippen molar-refractivity contribution in [1.82, 2.24) is 10.3 Å². The molecular formula is C16H25N3O2. The van der Waals surface area contributed by atoms with Gasteiger partial charge in [0.25, 0.3) is 0 Å². The van der Waals surface area contributed by atoms with Crippen molar-refractivity contribution in [2.75, 3.05) is 31.6 Å². The van der Waals surface area contributed by atoms with E-state index in [4.69, 9.17) is 4.74 Å². The summed E-state index contributed by atoms with van der Waals surface area (Å²) in [6.45, 7) is 6.95. The molecule has 1 aromatic rings. The van der Waals surface area contributed by atoms with E-state index in [2.05, 4.69) is 22.1 Å². The number of anilines is 1. The number of nitrogens with one attached hydrogen (secondary N) is 1. The van der Waals surface area contributed by atoms with Crippen molar-refractivity contribution in [3.05, 3.63) is 23.4 Å². The van der Waals surface area contributed by atoms with Gasteiger partial charge in [0.15, 0.2) is 0 Å². The fourth-order valence-corrected chi connectivity index (χ4v) is 2.78. The lowest BCUT2D eigenvalue weighted by molar-refractivity contribution is 0.0599.